The number of nitrogens with zero attached hydrogens (tertiary/aromatic N) is 1. The first-order valence-corrected chi connectivity index (χ1v) is 9.85. The Labute approximate surface area is 138 Å². The van der Waals surface area contributed by atoms with Gasteiger partial charge < -0.3 is 0 Å². The summed E-state index contributed by atoms with van der Waals surface area (Å²) >= 11 is 4.57. The van der Waals surface area contributed by atoms with Crippen LogP contribution in [0.25, 0.3) is 0 Å². The highest BCUT2D eigenvalue weighted by Crippen LogP contribution is 2.31. The maximum absolute atomic E-state index is 12.8. The van der Waals surface area contributed by atoms with E-state index < -0.39 is 10.0 Å². The highest BCUT2D eigenvalue weighted by Gasteiger charge is 2.27. The molecule has 0 N–H and O–H groups in total. The van der Waals surface area contributed by atoms with Crippen molar-refractivity contribution in [2.75, 3.05) is 6.54 Å². The average Bonchev–Trinajstić information content (AvgIpc) is 2.87. The summed E-state index contributed by atoms with van der Waals surface area (Å²) in [4.78, 5) is 0. The van der Waals surface area contributed by atoms with Gasteiger partial charge in [-0.2, -0.15) is 4.31 Å². The molecule has 0 fully saturated rings. The second-order valence-corrected chi connectivity index (χ2v) is 8.78. The molecule has 1 heterocycles. The molecule has 114 valence electrons. The van der Waals surface area contributed by atoms with Crippen LogP contribution in [0, 0.1) is 6.92 Å². The molecule has 6 heteroatoms. The maximum atomic E-state index is 12.8. The average molecular weight is 388 g/mol. The van der Waals surface area contributed by atoms with Crippen LogP contribution in [0.5, 0.6) is 0 Å². The van der Waals surface area contributed by atoms with Crippen molar-refractivity contribution in [2.24, 2.45) is 0 Å². The number of thiophene rings is 1. The monoisotopic (exact) mass is 387 g/mol. The SMILES string of the molecule is CCCN(Cc1ccc(C)cc1)S(=O)(=O)c1sccc1Br. The molecule has 0 unspecified atom stereocenters. The summed E-state index contributed by atoms with van der Waals surface area (Å²) in [5, 5.41) is 1.78. The van der Waals surface area contributed by atoms with Crippen molar-refractivity contribution in [3.8, 4) is 0 Å². The van der Waals surface area contributed by atoms with E-state index in [-0.39, 0.29) is 0 Å². The van der Waals surface area contributed by atoms with E-state index in [4.69, 9.17) is 0 Å². The summed E-state index contributed by atoms with van der Waals surface area (Å²) < 4.78 is 28.1. The first-order valence-electron chi connectivity index (χ1n) is 6.74. The zero-order valence-corrected chi connectivity index (χ0v) is 15.3. The Morgan fingerprint density at radius 2 is 1.86 bits per heavy atom. The van der Waals surface area contributed by atoms with Gasteiger partial charge in [-0.1, -0.05) is 36.8 Å². The zero-order chi connectivity index (χ0) is 15.5. The van der Waals surface area contributed by atoms with Crippen molar-refractivity contribution in [2.45, 2.75) is 31.0 Å². The molecule has 0 radical (unpaired) electrons. The van der Waals surface area contributed by atoms with E-state index in [2.05, 4.69) is 15.9 Å². The van der Waals surface area contributed by atoms with Crippen molar-refractivity contribution in [3.05, 3.63) is 51.3 Å². The zero-order valence-electron chi connectivity index (χ0n) is 12.0. The Morgan fingerprint density at radius 3 is 2.38 bits per heavy atom. The molecule has 3 nitrogen and oxygen atoms in total. The summed E-state index contributed by atoms with van der Waals surface area (Å²) in [7, 11) is -3.45. The minimum absolute atomic E-state index is 0.378. The molecule has 1 aromatic carbocycles. The van der Waals surface area contributed by atoms with Crippen LogP contribution in [-0.2, 0) is 16.6 Å². The number of hydrogen-bond acceptors (Lipinski definition) is 3. The number of sulfonamides is 1. The molecule has 2 rings (SSSR count). The van der Waals surface area contributed by atoms with Gasteiger partial charge in [0, 0.05) is 17.6 Å². The van der Waals surface area contributed by atoms with Crippen molar-refractivity contribution in [3.63, 3.8) is 0 Å². The van der Waals surface area contributed by atoms with Crippen molar-refractivity contribution in [1.29, 1.82) is 0 Å². The molecule has 0 spiro atoms. The van der Waals surface area contributed by atoms with Gasteiger partial charge in [0.15, 0.2) is 0 Å². The van der Waals surface area contributed by atoms with Gasteiger partial charge in [-0.3, -0.25) is 0 Å². The summed E-state index contributed by atoms with van der Waals surface area (Å²) in [5.41, 5.74) is 2.18. The molecule has 0 saturated heterocycles. The number of halogens is 1. The number of hydrogen-bond donors (Lipinski definition) is 0. The predicted octanol–water partition coefficient (Wildman–Crippen LogP) is 4.42. The van der Waals surface area contributed by atoms with E-state index in [1.165, 1.54) is 16.9 Å². The molecular weight excluding hydrogens is 370 g/mol. The van der Waals surface area contributed by atoms with Gasteiger partial charge in [-0.15, -0.1) is 11.3 Å². The van der Waals surface area contributed by atoms with Gasteiger partial charge in [0.2, 0.25) is 0 Å². The number of rotatable bonds is 6. The van der Waals surface area contributed by atoms with Crippen LogP contribution in [0.4, 0.5) is 0 Å². The van der Waals surface area contributed by atoms with Crippen LogP contribution >= 0.6 is 27.3 Å². The number of aryl methyl sites for hydroxylation is 1. The van der Waals surface area contributed by atoms with Gasteiger partial charge >= 0.3 is 0 Å². The lowest BCUT2D eigenvalue weighted by atomic mass is 10.1. The van der Waals surface area contributed by atoms with Crippen molar-refractivity contribution < 1.29 is 8.42 Å². The van der Waals surface area contributed by atoms with Gasteiger partial charge in [-0.05, 0) is 46.3 Å². The molecule has 2 aromatic rings. The lowest BCUT2D eigenvalue weighted by molar-refractivity contribution is 0.406. The molecule has 1 aromatic heterocycles. The van der Waals surface area contributed by atoms with Crippen LogP contribution in [0.15, 0.2) is 44.4 Å². The van der Waals surface area contributed by atoms with Gasteiger partial charge in [-0.25, -0.2) is 8.42 Å². The Kier molecular flexibility index (Phi) is 5.60. The van der Waals surface area contributed by atoms with Crippen LogP contribution in [0.1, 0.15) is 24.5 Å². The molecule has 0 amide bonds. The van der Waals surface area contributed by atoms with E-state index in [1.807, 2.05) is 38.1 Å². The fourth-order valence-corrected chi connectivity index (χ4v) is 5.98. The molecule has 0 saturated carbocycles. The Balaban J connectivity index is 2.30. The fourth-order valence-electron chi connectivity index (χ4n) is 2.01. The molecule has 0 atom stereocenters. The molecule has 0 aliphatic heterocycles. The minimum Gasteiger partial charge on any atom is -0.206 e. The lowest BCUT2D eigenvalue weighted by Crippen LogP contribution is -2.31. The summed E-state index contributed by atoms with van der Waals surface area (Å²) in [6.07, 6.45) is 0.786. The predicted molar refractivity (Wildman–Crippen MR) is 91.1 cm³/mol. The first-order chi connectivity index (χ1) is 9.95. The van der Waals surface area contributed by atoms with Gasteiger partial charge in [0.25, 0.3) is 10.0 Å². The van der Waals surface area contributed by atoms with Crippen LogP contribution < -0.4 is 0 Å². The Hall–Kier alpha value is -0.690. The Bertz CT molecular complexity index is 693. The van der Waals surface area contributed by atoms with Crippen molar-refractivity contribution >= 4 is 37.3 Å². The third-order valence-corrected chi connectivity index (χ3v) is 7.60. The summed E-state index contributed by atoms with van der Waals surface area (Å²) in [6, 6.07) is 9.75. The third kappa shape index (κ3) is 3.94. The van der Waals surface area contributed by atoms with E-state index in [0.29, 0.717) is 21.8 Å². The molecule has 21 heavy (non-hydrogen) atoms. The quantitative estimate of drug-likeness (QED) is 0.735. The summed E-state index contributed by atoms with van der Waals surface area (Å²) in [5.74, 6) is 0. The topological polar surface area (TPSA) is 37.4 Å². The van der Waals surface area contributed by atoms with Crippen LogP contribution in [-0.4, -0.2) is 19.3 Å². The standard InChI is InChI=1S/C15H18BrNO2S2/c1-3-9-17(11-13-6-4-12(2)5-7-13)21(18,19)15-14(16)8-10-20-15/h4-8,10H,3,9,11H2,1-2H3. The minimum atomic E-state index is -3.45. The maximum Gasteiger partial charge on any atom is 0.253 e. The highest BCUT2D eigenvalue weighted by molar-refractivity contribution is 9.10. The smallest absolute Gasteiger partial charge is 0.206 e. The van der Waals surface area contributed by atoms with E-state index in [9.17, 15) is 8.42 Å². The van der Waals surface area contributed by atoms with Crippen LogP contribution in [0.3, 0.4) is 0 Å². The molecule has 0 aliphatic carbocycles. The molecule has 0 aliphatic rings. The first kappa shape index (κ1) is 16.7. The van der Waals surface area contributed by atoms with E-state index in [0.717, 1.165) is 12.0 Å². The normalized spacial score (nSPS) is 12.0. The second-order valence-electron chi connectivity index (χ2n) is 4.88. The van der Waals surface area contributed by atoms with Gasteiger partial charge in [0.05, 0.1) is 0 Å². The molecule has 0 bridgehead atoms. The third-order valence-electron chi connectivity index (χ3n) is 3.11. The van der Waals surface area contributed by atoms with E-state index in [1.54, 1.807) is 15.8 Å². The lowest BCUT2D eigenvalue weighted by Gasteiger charge is -2.21. The van der Waals surface area contributed by atoms with Crippen LogP contribution in [0.2, 0.25) is 0 Å². The van der Waals surface area contributed by atoms with Crippen molar-refractivity contribution in [1.82, 2.24) is 4.31 Å². The molecular formula is C15H18BrNO2S2. The Morgan fingerprint density at radius 1 is 1.19 bits per heavy atom. The van der Waals surface area contributed by atoms with Gasteiger partial charge in [0.1, 0.15) is 4.21 Å². The fraction of sp³-hybridized carbons (Fsp3) is 0.333. The highest BCUT2D eigenvalue weighted by atomic mass is 79.9. The largest absolute Gasteiger partial charge is 0.253 e. The number of benzene rings is 1. The second kappa shape index (κ2) is 7.05. The van der Waals surface area contributed by atoms with E-state index >= 15 is 0 Å². The summed E-state index contributed by atoms with van der Waals surface area (Å²) in [6.45, 7) is 4.93.